The normalized spacial score (nSPS) is 27.2. The van der Waals surface area contributed by atoms with Gasteiger partial charge in [-0.05, 0) is 33.1 Å². The Labute approximate surface area is 143 Å². The molecule has 3 atom stereocenters. The van der Waals surface area contributed by atoms with E-state index in [2.05, 4.69) is 10.6 Å². The third-order valence-electron chi connectivity index (χ3n) is 4.27. The Morgan fingerprint density at radius 1 is 1.25 bits per heavy atom. The fourth-order valence-electron chi connectivity index (χ4n) is 3.04. The second kappa shape index (κ2) is 9.03. The van der Waals surface area contributed by atoms with E-state index in [1.54, 1.807) is 12.2 Å². The third-order valence-corrected chi connectivity index (χ3v) is 4.27. The van der Waals surface area contributed by atoms with Gasteiger partial charge in [-0.1, -0.05) is 12.2 Å². The SMILES string of the molecule is CC(C)NC(=O)N[C@@H]1C=C[C@H](CC(=O)N2CCCCC2)O[C@@H]1CO. The van der Waals surface area contributed by atoms with Gasteiger partial charge in [0, 0.05) is 19.1 Å². The molecule has 0 aliphatic carbocycles. The first-order valence-corrected chi connectivity index (χ1v) is 8.79. The van der Waals surface area contributed by atoms with Gasteiger partial charge >= 0.3 is 6.03 Å². The fourth-order valence-corrected chi connectivity index (χ4v) is 3.04. The van der Waals surface area contributed by atoms with Crippen LogP contribution in [0.15, 0.2) is 12.2 Å². The lowest BCUT2D eigenvalue weighted by Crippen LogP contribution is -2.52. The van der Waals surface area contributed by atoms with Crippen LogP contribution in [-0.4, -0.2) is 65.9 Å². The zero-order valence-corrected chi connectivity index (χ0v) is 14.5. The lowest BCUT2D eigenvalue weighted by Gasteiger charge is -2.33. The molecule has 0 saturated carbocycles. The van der Waals surface area contributed by atoms with E-state index in [9.17, 15) is 14.7 Å². The lowest BCUT2D eigenvalue weighted by molar-refractivity contribution is -0.136. The minimum atomic E-state index is -0.549. The van der Waals surface area contributed by atoms with E-state index in [0.29, 0.717) is 0 Å². The van der Waals surface area contributed by atoms with Crippen LogP contribution in [0.4, 0.5) is 4.79 Å². The first-order chi connectivity index (χ1) is 11.5. The number of urea groups is 1. The molecule has 0 bridgehead atoms. The van der Waals surface area contributed by atoms with Crippen molar-refractivity contribution in [1.82, 2.24) is 15.5 Å². The van der Waals surface area contributed by atoms with Crippen LogP contribution < -0.4 is 10.6 Å². The standard InChI is InChI=1S/C17H29N3O4/c1-12(2)18-17(23)19-14-7-6-13(24-15(14)11-21)10-16(22)20-8-4-3-5-9-20/h6-7,12-15,21H,3-5,8-11H2,1-2H3,(H2,18,19,23)/t13-,14-,15-/m1/s1. The number of aliphatic hydroxyl groups excluding tert-OH is 1. The highest BCUT2D eigenvalue weighted by atomic mass is 16.5. The fraction of sp³-hybridized carbons (Fsp3) is 0.765. The summed E-state index contributed by atoms with van der Waals surface area (Å²) in [6, 6.07) is -0.680. The monoisotopic (exact) mass is 339 g/mol. The summed E-state index contributed by atoms with van der Waals surface area (Å²) in [7, 11) is 0. The molecule has 3 amide bonds. The van der Waals surface area contributed by atoms with Gasteiger partial charge in [-0.15, -0.1) is 0 Å². The molecule has 24 heavy (non-hydrogen) atoms. The number of amides is 3. The summed E-state index contributed by atoms with van der Waals surface area (Å²) in [5.41, 5.74) is 0. The van der Waals surface area contributed by atoms with E-state index in [-0.39, 0.29) is 37.1 Å². The molecule has 3 N–H and O–H groups in total. The number of rotatable bonds is 5. The Hall–Kier alpha value is -1.60. The van der Waals surface area contributed by atoms with Gasteiger partial charge < -0.3 is 25.4 Å². The maximum Gasteiger partial charge on any atom is 0.315 e. The maximum absolute atomic E-state index is 12.3. The summed E-state index contributed by atoms with van der Waals surface area (Å²) in [6.45, 7) is 5.17. The molecule has 0 spiro atoms. The molecule has 2 heterocycles. The number of piperidine rings is 1. The number of hydrogen-bond acceptors (Lipinski definition) is 4. The molecule has 7 heteroatoms. The second-order valence-electron chi connectivity index (χ2n) is 6.72. The molecule has 1 fully saturated rings. The van der Waals surface area contributed by atoms with Crippen molar-refractivity contribution in [3.63, 3.8) is 0 Å². The molecular formula is C17H29N3O4. The van der Waals surface area contributed by atoms with Gasteiger partial charge in [-0.2, -0.15) is 0 Å². The average Bonchev–Trinajstić information content (AvgIpc) is 2.56. The van der Waals surface area contributed by atoms with Gasteiger partial charge in [-0.25, -0.2) is 4.79 Å². The Morgan fingerprint density at radius 2 is 1.96 bits per heavy atom. The van der Waals surface area contributed by atoms with Crippen molar-refractivity contribution in [2.75, 3.05) is 19.7 Å². The molecule has 0 unspecified atom stereocenters. The van der Waals surface area contributed by atoms with E-state index < -0.39 is 12.1 Å². The van der Waals surface area contributed by atoms with Crippen molar-refractivity contribution in [2.45, 2.75) is 63.8 Å². The number of aliphatic hydroxyl groups is 1. The molecule has 0 aromatic rings. The second-order valence-corrected chi connectivity index (χ2v) is 6.72. The zero-order chi connectivity index (χ0) is 17.5. The highest BCUT2D eigenvalue weighted by Gasteiger charge is 2.30. The van der Waals surface area contributed by atoms with Crippen molar-refractivity contribution in [3.8, 4) is 0 Å². The molecule has 2 aliphatic heterocycles. The van der Waals surface area contributed by atoms with Crippen LogP contribution in [0, 0.1) is 0 Å². The van der Waals surface area contributed by atoms with Crippen molar-refractivity contribution in [1.29, 1.82) is 0 Å². The summed E-state index contributed by atoms with van der Waals surface area (Å²) >= 11 is 0. The first kappa shape index (κ1) is 18.7. The van der Waals surface area contributed by atoms with Gasteiger partial charge in [0.25, 0.3) is 0 Å². The Morgan fingerprint density at radius 3 is 2.58 bits per heavy atom. The van der Waals surface area contributed by atoms with E-state index in [1.807, 2.05) is 18.7 Å². The average molecular weight is 339 g/mol. The van der Waals surface area contributed by atoms with Gasteiger partial charge in [0.2, 0.25) is 5.91 Å². The number of likely N-dealkylation sites (tertiary alicyclic amines) is 1. The van der Waals surface area contributed by atoms with Gasteiger partial charge in [0.1, 0.15) is 6.10 Å². The number of hydrogen-bond donors (Lipinski definition) is 3. The van der Waals surface area contributed by atoms with Crippen LogP contribution in [0.1, 0.15) is 39.5 Å². The van der Waals surface area contributed by atoms with E-state index >= 15 is 0 Å². The molecule has 136 valence electrons. The predicted molar refractivity (Wildman–Crippen MR) is 90.5 cm³/mol. The van der Waals surface area contributed by atoms with E-state index in [1.165, 1.54) is 6.42 Å². The van der Waals surface area contributed by atoms with E-state index in [4.69, 9.17) is 4.74 Å². The highest BCUT2D eigenvalue weighted by molar-refractivity contribution is 5.77. The molecule has 0 aromatic carbocycles. The molecule has 2 rings (SSSR count). The van der Waals surface area contributed by atoms with Crippen LogP contribution in [0.25, 0.3) is 0 Å². The quantitative estimate of drug-likeness (QED) is 0.646. The minimum absolute atomic E-state index is 0.0287. The number of nitrogens with zero attached hydrogens (tertiary/aromatic N) is 1. The smallest absolute Gasteiger partial charge is 0.315 e. The Bertz CT molecular complexity index is 461. The van der Waals surface area contributed by atoms with Gasteiger partial charge in [0.05, 0.1) is 25.2 Å². The highest BCUT2D eigenvalue weighted by Crippen LogP contribution is 2.18. The Balaban J connectivity index is 1.87. The molecule has 2 aliphatic rings. The molecular weight excluding hydrogens is 310 g/mol. The maximum atomic E-state index is 12.3. The van der Waals surface area contributed by atoms with Crippen molar-refractivity contribution in [2.24, 2.45) is 0 Å². The summed E-state index contributed by atoms with van der Waals surface area (Å²) in [5.74, 6) is 0.0880. The third kappa shape index (κ3) is 5.49. The van der Waals surface area contributed by atoms with Crippen LogP contribution in [-0.2, 0) is 9.53 Å². The summed E-state index contributed by atoms with van der Waals surface area (Å²) in [4.78, 5) is 26.0. The number of carbonyl (C=O) groups is 2. The van der Waals surface area contributed by atoms with E-state index in [0.717, 1.165) is 25.9 Å². The van der Waals surface area contributed by atoms with Crippen molar-refractivity contribution < 1.29 is 19.4 Å². The Kier molecular flexibility index (Phi) is 7.05. The minimum Gasteiger partial charge on any atom is -0.394 e. The number of nitrogens with one attached hydrogen (secondary N) is 2. The van der Waals surface area contributed by atoms with Crippen LogP contribution >= 0.6 is 0 Å². The number of carbonyl (C=O) groups excluding carboxylic acids is 2. The van der Waals surface area contributed by atoms with Gasteiger partial charge in [-0.3, -0.25) is 4.79 Å². The number of ether oxygens (including phenoxy) is 1. The molecule has 7 nitrogen and oxygen atoms in total. The van der Waals surface area contributed by atoms with Crippen LogP contribution in [0.2, 0.25) is 0 Å². The zero-order valence-electron chi connectivity index (χ0n) is 14.5. The predicted octanol–water partition coefficient (Wildman–Crippen LogP) is 0.781. The largest absolute Gasteiger partial charge is 0.394 e. The molecule has 0 aromatic heterocycles. The van der Waals surface area contributed by atoms with Crippen molar-refractivity contribution in [3.05, 3.63) is 12.2 Å². The summed E-state index contributed by atoms with van der Waals surface area (Å²) in [5, 5.41) is 15.0. The van der Waals surface area contributed by atoms with Crippen molar-refractivity contribution >= 4 is 11.9 Å². The lowest BCUT2D eigenvalue weighted by atomic mass is 10.0. The molecule has 1 saturated heterocycles. The summed E-state index contributed by atoms with van der Waals surface area (Å²) < 4.78 is 5.79. The topological polar surface area (TPSA) is 90.9 Å². The van der Waals surface area contributed by atoms with Gasteiger partial charge in [0.15, 0.2) is 0 Å². The first-order valence-electron chi connectivity index (χ1n) is 8.79. The molecule has 0 radical (unpaired) electrons. The van der Waals surface area contributed by atoms with Crippen LogP contribution in [0.5, 0.6) is 0 Å². The van der Waals surface area contributed by atoms with Crippen LogP contribution in [0.3, 0.4) is 0 Å². The summed E-state index contributed by atoms with van der Waals surface area (Å²) in [6.07, 6.45) is 6.27.